The summed E-state index contributed by atoms with van der Waals surface area (Å²) >= 11 is 8.81. The van der Waals surface area contributed by atoms with Crippen molar-refractivity contribution in [1.29, 1.82) is 0 Å². The molecule has 0 spiro atoms. The number of nitrogens with one attached hydrogen (secondary N) is 1. The van der Waals surface area contributed by atoms with Gasteiger partial charge in [-0.25, -0.2) is 0 Å². The number of carbonyl (C=O) groups excluding carboxylic acids is 1. The molecule has 0 radical (unpaired) electrons. The Morgan fingerprint density at radius 3 is 2.41 bits per heavy atom. The second-order valence-electron chi connectivity index (χ2n) is 7.41. The fraction of sp³-hybridized carbons (Fsp3) is 0.318. The Morgan fingerprint density at radius 2 is 1.72 bits per heavy atom. The summed E-state index contributed by atoms with van der Waals surface area (Å²) in [6.07, 6.45) is 4.53. The van der Waals surface area contributed by atoms with E-state index < -0.39 is 0 Å². The second kappa shape index (κ2) is 8.63. The summed E-state index contributed by atoms with van der Waals surface area (Å²) in [5.41, 5.74) is 2.21. The zero-order valence-electron chi connectivity index (χ0n) is 16.0. The maximum atomic E-state index is 12.9. The van der Waals surface area contributed by atoms with Crippen LogP contribution in [0.15, 0.2) is 51.7 Å². The Hall–Kier alpha value is -2.25. The van der Waals surface area contributed by atoms with E-state index in [0.717, 1.165) is 41.5 Å². The number of aromatic amines is 1. The third kappa shape index (κ3) is 4.36. The number of fused-ring (bicyclic) bond motifs is 1. The van der Waals surface area contributed by atoms with Gasteiger partial charge in [-0.05, 0) is 61.0 Å². The molecule has 0 saturated carbocycles. The predicted octanol–water partition coefficient (Wildman–Crippen LogP) is 4.89. The minimum Gasteiger partial charge on any atom is -0.339 e. The number of H-pyrrole nitrogens is 1. The van der Waals surface area contributed by atoms with Crippen LogP contribution < -0.4 is 5.56 Å². The van der Waals surface area contributed by atoms with Crippen molar-refractivity contribution in [2.75, 3.05) is 13.1 Å². The summed E-state index contributed by atoms with van der Waals surface area (Å²) in [6, 6.07) is 13.0. The second-order valence-corrected chi connectivity index (χ2v) is 8.72. The molecule has 5 nitrogen and oxygen atoms in total. The molecule has 0 bridgehead atoms. The number of nitrogens with zero attached hydrogens (tertiary/aromatic N) is 2. The van der Waals surface area contributed by atoms with Crippen LogP contribution in [0.25, 0.3) is 10.9 Å². The van der Waals surface area contributed by atoms with Gasteiger partial charge in [0.1, 0.15) is 0 Å². The minimum absolute atomic E-state index is 0.0865. The number of carbonyl (C=O) groups is 1. The Morgan fingerprint density at radius 1 is 1.03 bits per heavy atom. The third-order valence-electron chi connectivity index (χ3n) is 5.38. The molecule has 0 aliphatic carbocycles. The van der Waals surface area contributed by atoms with Gasteiger partial charge in [-0.15, -0.1) is 0 Å². The molecular formula is C22H22BrN3O2S. The minimum atomic E-state index is -0.130. The van der Waals surface area contributed by atoms with Gasteiger partial charge < -0.3 is 9.88 Å². The molecule has 29 heavy (non-hydrogen) atoms. The summed E-state index contributed by atoms with van der Waals surface area (Å²) in [6.45, 7) is 2.02. The number of aromatic nitrogens is 2. The van der Waals surface area contributed by atoms with Gasteiger partial charge in [-0.2, -0.15) is 0 Å². The zero-order valence-corrected chi connectivity index (χ0v) is 18.4. The summed E-state index contributed by atoms with van der Waals surface area (Å²) in [5.74, 6) is 0.0865. The highest BCUT2D eigenvalue weighted by atomic mass is 79.9. The maximum Gasteiger partial charge on any atom is 0.262 e. The van der Waals surface area contributed by atoms with Crippen molar-refractivity contribution in [3.05, 3.63) is 73.2 Å². The van der Waals surface area contributed by atoms with Crippen LogP contribution in [0.4, 0.5) is 0 Å². The molecule has 3 aromatic rings. The van der Waals surface area contributed by atoms with Crippen molar-refractivity contribution in [3.8, 4) is 0 Å². The maximum absolute atomic E-state index is 12.9. The smallest absolute Gasteiger partial charge is 0.262 e. The number of hydrogen-bond donors (Lipinski definition) is 1. The number of benzene rings is 2. The molecule has 1 aromatic heterocycles. The van der Waals surface area contributed by atoms with Gasteiger partial charge in [0.05, 0.1) is 17.4 Å². The monoisotopic (exact) mass is 471 g/mol. The van der Waals surface area contributed by atoms with Crippen LogP contribution in [-0.4, -0.2) is 33.4 Å². The first-order valence-corrected chi connectivity index (χ1v) is 11.0. The highest BCUT2D eigenvalue weighted by Crippen LogP contribution is 2.17. The van der Waals surface area contributed by atoms with Crippen molar-refractivity contribution in [2.24, 2.45) is 0 Å². The van der Waals surface area contributed by atoms with E-state index in [9.17, 15) is 9.59 Å². The highest BCUT2D eigenvalue weighted by molar-refractivity contribution is 9.10. The quantitative estimate of drug-likeness (QED) is 0.553. The highest BCUT2D eigenvalue weighted by Gasteiger charge is 2.17. The van der Waals surface area contributed by atoms with Gasteiger partial charge in [0.15, 0.2) is 4.77 Å². The third-order valence-corrected chi connectivity index (χ3v) is 6.19. The lowest BCUT2D eigenvalue weighted by atomic mass is 10.1. The molecular weight excluding hydrogens is 450 g/mol. The van der Waals surface area contributed by atoms with Gasteiger partial charge in [0, 0.05) is 23.1 Å². The number of halogens is 1. The number of amides is 1. The fourth-order valence-corrected chi connectivity index (χ4v) is 4.38. The van der Waals surface area contributed by atoms with Gasteiger partial charge >= 0.3 is 0 Å². The van der Waals surface area contributed by atoms with Crippen molar-refractivity contribution in [2.45, 2.75) is 32.2 Å². The van der Waals surface area contributed by atoms with Crippen LogP contribution >= 0.6 is 28.1 Å². The average Bonchev–Trinajstić information content (AvgIpc) is 3.01. The van der Waals surface area contributed by atoms with Crippen LogP contribution in [0, 0.1) is 4.77 Å². The normalized spacial score (nSPS) is 14.7. The molecule has 1 amide bonds. The van der Waals surface area contributed by atoms with Gasteiger partial charge in [0.2, 0.25) is 0 Å². The van der Waals surface area contributed by atoms with Crippen LogP contribution in [0.5, 0.6) is 0 Å². The van der Waals surface area contributed by atoms with E-state index >= 15 is 0 Å². The van der Waals surface area contributed by atoms with E-state index in [1.165, 1.54) is 12.8 Å². The summed E-state index contributed by atoms with van der Waals surface area (Å²) < 4.78 is 2.78. The topological polar surface area (TPSA) is 58.1 Å². The van der Waals surface area contributed by atoms with E-state index in [0.29, 0.717) is 22.3 Å². The van der Waals surface area contributed by atoms with E-state index in [1.807, 2.05) is 41.3 Å². The molecule has 1 aliphatic heterocycles. The van der Waals surface area contributed by atoms with Gasteiger partial charge in [-0.1, -0.05) is 40.9 Å². The molecule has 1 aliphatic rings. The summed E-state index contributed by atoms with van der Waals surface area (Å²) in [7, 11) is 0. The molecule has 1 fully saturated rings. The van der Waals surface area contributed by atoms with Crippen LogP contribution in [0.3, 0.4) is 0 Å². The fourth-order valence-electron chi connectivity index (χ4n) is 3.76. The van der Waals surface area contributed by atoms with E-state index in [2.05, 4.69) is 20.9 Å². The molecule has 0 atom stereocenters. The lowest BCUT2D eigenvalue weighted by Crippen LogP contribution is -2.31. The Kier molecular flexibility index (Phi) is 5.96. The largest absolute Gasteiger partial charge is 0.339 e. The predicted molar refractivity (Wildman–Crippen MR) is 121 cm³/mol. The first-order valence-electron chi connectivity index (χ1n) is 9.83. The van der Waals surface area contributed by atoms with Gasteiger partial charge in [-0.3, -0.25) is 14.2 Å². The lowest BCUT2D eigenvalue weighted by molar-refractivity contribution is 0.0761. The molecule has 1 N–H and O–H groups in total. The van der Waals surface area contributed by atoms with Crippen molar-refractivity contribution >= 4 is 45.0 Å². The first-order chi connectivity index (χ1) is 14.0. The average molecular weight is 472 g/mol. The Bertz CT molecular complexity index is 1160. The van der Waals surface area contributed by atoms with Crippen LogP contribution in [0.1, 0.15) is 41.6 Å². The molecule has 4 rings (SSSR count). The summed E-state index contributed by atoms with van der Waals surface area (Å²) in [5, 5.41) is 0.584. The van der Waals surface area contributed by atoms with Crippen LogP contribution in [-0.2, 0) is 6.54 Å². The Balaban J connectivity index is 1.58. The zero-order chi connectivity index (χ0) is 20.4. The first kappa shape index (κ1) is 20.0. The lowest BCUT2D eigenvalue weighted by Gasteiger charge is -2.20. The molecule has 2 heterocycles. The number of hydrogen-bond acceptors (Lipinski definition) is 3. The molecule has 0 unspecified atom stereocenters. The van der Waals surface area contributed by atoms with E-state index in [4.69, 9.17) is 12.2 Å². The molecule has 2 aromatic carbocycles. The Labute approximate surface area is 182 Å². The van der Waals surface area contributed by atoms with Crippen molar-refractivity contribution < 1.29 is 4.79 Å². The molecule has 7 heteroatoms. The number of likely N-dealkylation sites (tertiary alicyclic amines) is 1. The standard InChI is InChI=1S/C22H22BrN3O2S/c23-17-9-10-19-18(13-17)21(28)26(22(29)24-19)14-15-5-7-16(8-6-15)20(27)25-11-3-1-2-4-12-25/h5-10,13H,1-4,11-12,14H2,(H,24,29). The molecule has 1 saturated heterocycles. The van der Waals surface area contributed by atoms with Gasteiger partial charge in [0.25, 0.3) is 11.5 Å². The van der Waals surface area contributed by atoms with Crippen molar-refractivity contribution in [3.63, 3.8) is 0 Å². The molecule has 150 valence electrons. The van der Waals surface area contributed by atoms with E-state index in [1.54, 1.807) is 10.6 Å². The number of rotatable bonds is 3. The van der Waals surface area contributed by atoms with Crippen molar-refractivity contribution in [1.82, 2.24) is 14.5 Å². The SMILES string of the molecule is O=C(c1ccc(Cn2c(=S)[nH]c3ccc(Br)cc3c2=O)cc1)N1CCCCCC1. The summed E-state index contributed by atoms with van der Waals surface area (Å²) in [4.78, 5) is 30.7. The van der Waals surface area contributed by atoms with E-state index in [-0.39, 0.29) is 11.5 Å². The van der Waals surface area contributed by atoms with Crippen LogP contribution in [0.2, 0.25) is 0 Å².